The number of hydrogen-bond donors (Lipinski definition) is 1. The Morgan fingerprint density at radius 2 is 1.82 bits per heavy atom. The number of aryl methyl sites for hydroxylation is 1. The first-order valence-electron chi connectivity index (χ1n) is 4.94. The van der Waals surface area contributed by atoms with Crippen molar-refractivity contribution in [3.05, 3.63) is 23.9 Å². The molecule has 5 heteroatoms. The van der Waals surface area contributed by atoms with Crippen molar-refractivity contribution in [3.8, 4) is 11.5 Å². The van der Waals surface area contributed by atoms with Crippen molar-refractivity contribution in [2.24, 2.45) is 0 Å². The van der Waals surface area contributed by atoms with Crippen LogP contribution in [0, 0.1) is 6.92 Å². The van der Waals surface area contributed by atoms with Crippen molar-refractivity contribution in [1.82, 2.24) is 4.98 Å². The number of benzene rings is 1. The van der Waals surface area contributed by atoms with Gasteiger partial charge in [0.1, 0.15) is 17.0 Å². The van der Waals surface area contributed by atoms with Gasteiger partial charge < -0.3 is 15.2 Å². The molecular formula is C12H15ClN2O2. The summed E-state index contributed by atoms with van der Waals surface area (Å²) in [4.78, 5) is 4.42. The fourth-order valence-corrected chi connectivity index (χ4v) is 1.70. The van der Waals surface area contributed by atoms with Crippen LogP contribution in [0.4, 0.5) is 5.69 Å². The molecule has 0 aliphatic rings. The van der Waals surface area contributed by atoms with Gasteiger partial charge in [0.2, 0.25) is 0 Å². The lowest BCUT2D eigenvalue weighted by atomic mass is 10.1. The van der Waals surface area contributed by atoms with Crippen LogP contribution in [-0.4, -0.2) is 19.2 Å². The number of pyridine rings is 1. The third-order valence-corrected chi connectivity index (χ3v) is 2.47. The summed E-state index contributed by atoms with van der Waals surface area (Å²) in [6.45, 7) is 1.90. The van der Waals surface area contributed by atoms with Crippen LogP contribution in [0.25, 0.3) is 10.9 Å². The van der Waals surface area contributed by atoms with Crippen molar-refractivity contribution in [3.63, 3.8) is 0 Å². The number of nitrogens with two attached hydrogens (primary N) is 1. The van der Waals surface area contributed by atoms with Crippen LogP contribution >= 0.6 is 12.4 Å². The molecule has 1 aromatic heterocycles. The molecule has 92 valence electrons. The fraction of sp³-hybridized carbons (Fsp3) is 0.250. The van der Waals surface area contributed by atoms with Gasteiger partial charge in [0.25, 0.3) is 0 Å². The molecule has 0 saturated carbocycles. The molecule has 2 aromatic rings. The average molecular weight is 255 g/mol. The van der Waals surface area contributed by atoms with Crippen LogP contribution in [0.5, 0.6) is 11.5 Å². The zero-order valence-corrected chi connectivity index (χ0v) is 10.8. The van der Waals surface area contributed by atoms with Crippen LogP contribution < -0.4 is 15.2 Å². The minimum atomic E-state index is 0. The Hall–Kier alpha value is -1.68. The van der Waals surface area contributed by atoms with E-state index in [0.717, 1.165) is 16.6 Å². The van der Waals surface area contributed by atoms with Crippen molar-refractivity contribution in [1.29, 1.82) is 0 Å². The van der Waals surface area contributed by atoms with E-state index in [-0.39, 0.29) is 12.4 Å². The van der Waals surface area contributed by atoms with Gasteiger partial charge in [-0.1, -0.05) is 0 Å². The number of nitrogens with zero attached hydrogens (tertiary/aromatic N) is 1. The lowest BCUT2D eigenvalue weighted by molar-refractivity contribution is 0.397. The Bertz CT molecular complexity index is 544. The fourth-order valence-electron chi connectivity index (χ4n) is 1.70. The van der Waals surface area contributed by atoms with Crippen molar-refractivity contribution in [2.75, 3.05) is 20.0 Å². The van der Waals surface area contributed by atoms with Crippen LogP contribution in [0.2, 0.25) is 0 Å². The molecule has 0 amide bonds. The summed E-state index contributed by atoms with van der Waals surface area (Å²) in [6, 6.07) is 5.50. The molecular weight excluding hydrogens is 240 g/mol. The molecule has 0 atom stereocenters. The zero-order valence-electron chi connectivity index (χ0n) is 9.98. The van der Waals surface area contributed by atoms with Crippen LogP contribution in [0.1, 0.15) is 5.69 Å². The number of fused-ring (bicyclic) bond motifs is 1. The first kappa shape index (κ1) is 13.4. The average Bonchev–Trinajstić information content (AvgIpc) is 2.28. The summed E-state index contributed by atoms with van der Waals surface area (Å²) in [5, 5.41) is 0.849. The maximum absolute atomic E-state index is 5.95. The lowest BCUT2D eigenvalue weighted by Gasteiger charge is -2.10. The lowest BCUT2D eigenvalue weighted by Crippen LogP contribution is -1.96. The third kappa shape index (κ3) is 2.36. The van der Waals surface area contributed by atoms with Crippen LogP contribution in [0.3, 0.4) is 0 Å². The number of anilines is 1. The zero-order chi connectivity index (χ0) is 11.7. The predicted octanol–water partition coefficient (Wildman–Crippen LogP) is 2.56. The van der Waals surface area contributed by atoms with Crippen LogP contribution in [0.15, 0.2) is 18.2 Å². The number of hydrogen-bond acceptors (Lipinski definition) is 4. The SMILES string of the molecule is COc1cc(OC)c2nc(C)cc(N)c2c1.Cl. The smallest absolute Gasteiger partial charge is 0.148 e. The highest BCUT2D eigenvalue weighted by Gasteiger charge is 2.09. The summed E-state index contributed by atoms with van der Waals surface area (Å²) < 4.78 is 10.5. The highest BCUT2D eigenvalue weighted by Crippen LogP contribution is 2.33. The molecule has 17 heavy (non-hydrogen) atoms. The standard InChI is InChI=1S/C12H14N2O2.ClH/c1-7-4-10(13)9-5-8(15-2)6-11(16-3)12(9)14-7;/h4-6H,1-3H3,(H2,13,14);1H. The molecule has 0 aliphatic carbocycles. The van der Waals surface area contributed by atoms with E-state index in [1.54, 1.807) is 20.3 Å². The van der Waals surface area contributed by atoms with E-state index in [4.69, 9.17) is 15.2 Å². The monoisotopic (exact) mass is 254 g/mol. The minimum absolute atomic E-state index is 0. The van der Waals surface area contributed by atoms with Gasteiger partial charge in [-0.05, 0) is 19.1 Å². The van der Waals surface area contributed by atoms with Gasteiger partial charge in [-0.3, -0.25) is 0 Å². The number of ether oxygens (including phenoxy) is 2. The Kier molecular flexibility index (Phi) is 4.02. The minimum Gasteiger partial charge on any atom is -0.497 e. The van der Waals surface area contributed by atoms with E-state index < -0.39 is 0 Å². The molecule has 0 aliphatic heterocycles. The highest BCUT2D eigenvalue weighted by molar-refractivity contribution is 5.95. The maximum Gasteiger partial charge on any atom is 0.148 e. The van der Waals surface area contributed by atoms with Gasteiger partial charge in [0, 0.05) is 22.8 Å². The molecule has 0 unspecified atom stereocenters. The number of halogens is 1. The van der Waals surface area contributed by atoms with Crippen molar-refractivity contribution >= 4 is 29.0 Å². The number of rotatable bonds is 2. The second-order valence-electron chi connectivity index (χ2n) is 3.58. The molecule has 0 saturated heterocycles. The highest BCUT2D eigenvalue weighted by atomic mass is 35.5. The molecule has 0 bridgehead atoms. The second kappa shape index (κ2) is 5.10. The first-order chi connectivity index (χ1) is 7.65. The third-order valence-electron chi connectivity index (χ3n) is 2.47. The molecule has 1 heterocycles. The van der Waals surface area contributed by atoms with E-state index in [0.29, 0.717) is 17.2 Å². The van der Waals surface area contributed by atoms with Gasteiger partial charge >= 0.3 is 0 Å². The maximum atomic E-state index is 5.95. The molecule has 1 aromatic carbocycles. The number of nitrogen functional groups attached to an aromatic ring is 1. The normalized spacial score (nSPS) is 9.82. The quantitative estimate of drug-likeness (QED) is 0.895. The summed E-state index contributed by atoms with van der Waals surface area (Å²) in [5.41, 5.74) is 8.27. The van der Waals surface area contributed by atoms with Gasteiger partial charge in [-0.25, -0.2) is 4.98 Å². The molecule has 0 spiro atoms. The summed E-state index contributed by atoms with van der Waals surface area (Å²) in [7, 11) is 3.22. The number of aromatic nitrogens is 1. The Morgan fingerprint density at radius 1 is 1.12 bits per heavy atom. The van der Waals surface area contributed by atoms with E-state index in [9.17, 15) is 0 Å². The van der Waals surface area contributed by atoms with Gasteiger partial charge in [0.05, 0.1) is 14.2 Å². The van der Waals surface area contributed by atoms with Crippen molar-refractivity contribution < 1.29 is 9.47 Å². The topological polar surface area (TPSA) is 57.4 Å². The number of methoxy groups -OCH3 is 2. The Balaban J connectivity index is 0.00000144. The Labute approximate surface area is 106 Å². The summed E-state index contributed by atoms with van der Waals surface area (Å²) in [6.07, 6.45) is 0. The largest absolute Gasteiger partial charge is 0.497 e. The first-order valence-corrected chi connectivity index (χ1v) is 4.94. The van der Waals surface area contributed by atoms with E-state index in [2.05, 4.69) is 4.98 Å². The summed E-state index contributed by atoms with van der Waals surface area (Å²) in [5.74, 6) is 1.38. The van der Waals surface area contributed by atoms with E-state index in [1.165, 1.54) is 0 Å². The van der Waals surface area contributed by atoms with Gasteiger partial charge in [-0.2, -0.15) is 0 Å². The molecule has 4 nitrogen and oxygen atoms in total. The van der Waals surface area contributed by atoms with Gasteiger partial charge in [-0.15, -0.1) is 12.4 Å². The van der Waals surface area contributed by atoms with Crippen LogP contribution in [-0.2, 0) is 0 Å². The van der Waals surface area contributed by atoms with E-state index in [1.807, 2.05) is 19.1 Å². The predicted molar refractivity (Wildman–Crippen MR) is 71.2 cm³/mol. The molecule has 0 fully saturated rings. The van der Waals surface area contributed by atoms with E-state index >= 15 is 0 Å². The molecule has 2 rings (SSSR count). The molecule has 0 radical (unpaired) electrons. The second-order valence-corrected chi connectivity index (χ2v) is 3.58. The van der Waals surface area contributed by atoms with Crippen molar-refractivity contribution in [2.45, 2.75) is 6.92 Å². The van der Waals surface area contributed by atoms with Gasteiger partial charge in [0.15, 0.2) is 0 Å². The summed E-state index contributed by atoms with van der Waals surface area (Å²) >= 11 is 0. The Morgan fingerprint density at radius 3 is 2.41 bits per heavy atom. The molecule has 2 N–H and O–H groups in total.